The lowest BCUT2D eigenvalue weighted by Gasteiger charge is -2.19. The molecule has 1 saturated heterocycles. The maximum Gasteiger partial charge on any atom is 0.417 e. The number of allylic oxidation sites excluding steroid dienone is 1. The number of rotatable bonds is 6. The first-order chi connectivity index (χ1) is 16.7. The zero-order valence-electron chi connectivity index (χ0n) is 19.6. The molecular formula is C24H28F3N5O3. The highest BCUT2D eigenvalue weighted by molar-refractivity contribution is 6.05. The van der Waals surface area contributed by atoms with Crippen molar-refractivity contribution in [1.82, 2.24) is 14.9 Å². The molecular weight excluding hydrogens is 463 g/mol. The molecule has 1 aliphatic heterocycles. The zero-order chi connectivity index (χ0) is 25.0. The Balaban J connectivity index is 1.62. The number of aromatic nitrogens is 2. The van der Waals surface area contributed by atoms with E-state index in [2.05, 4.69) is 20.3 Å². The Labute approximate surface area is 201 Å². The number of carbonyl (C=O) groups is 1. The Morgan fingerprint density at radius 1 is 1.31 bits per heavy atom. The minimum Gasteiger partial charge on any atom is -0.493 e. The standard InChI is InChI=1S/C24H28F3N5O3/c1-15(16-4-5-16)10-21(30-20-12-18(14-28-20)24(25,26)27)31-22-19(34-2)11-17(13-29-22)23(33)32-6-3-8-35-9-7-32/h10-14,16,28H,3-9H2,1-2H3,(H,29,30,31)/b15-10+. The first-order valence-corrected chi connectivity index (χ1v) is 11.4. The number of pyridine rings is 1. The van der Waals surface area contributed by atoms with Crippen molar-refractivity contribution in [1.29, 1.82) is 0 Å². The van der Waals surface area contributed by atoms with Crippen LogP contribution in [-0.2, 0) is 10.9 Å². The largest absolute Gasteiger partial charge is 0.493 e. The number of nitrogens with zero attached hydrogens (tertiary/aromatic N) is 3. The van der Waals surface area contributed by atoms with Gasteiger partial charge in [-0.05, 0) is 50.3 Å². The summed E-state index contributed by atoms with van der Waals surface area (Å²) >= 11 is 0. The van der Waals surface area contributed by atoms with Gasteiger partial charge in [0, 0.05) is 32.1 Å². The summed E-state index contributed by atoms with van der Waals surface area (Å²) in [5, 5.41) is 2.91. The number of amides is 1. The van der Waals surface area contributed by atoms with E-state index in [-0.39, 0.29) is 23.3 Å². The van der Waals surface area contributed by atoms with Crippen LogP contribution in [0, 0.1) is 5.92 Å². The first kappa shape index (κ1) is 24.8. The summed E-state index contributed by atoms with van der Waals surface area (Å²) in [6, 6.07) is 2.55. The monoisotopic (exact) mass is 491 g/mol. The van der Waals surface area contributed by atoms with Crippen LogP contribution in [0.15, 0.2) is 41.2 Å². The second kappa shape index (κ2) is 10.5. The summed E-state index contributed by atoms with van der Waals surface area (Å²) in [7, 11) is 1.45. The van der Waals surface area contributed by atoms with E-state index in [1.807, 2.05) is 6.92 Å². The van der Waals surface area contributed by atoms with Crippen molar-refractivity contribution in [3.63, 3.8) is 0 Å². The summed E-state index contributed by atoms with van der Waals surface area (Å²) in [5.41, 5.74) is 0.633. The van der Waals surface area contributed by atoms with Crippen molar-refractivity contribution in [2.75, 3.05) is 38.7 Å². The van der Waals surface area contributed by atoms with Crippen molar-refractivity contribution in [2.24, 2.45) is 10.9 Å². The molecule has 2 aliphatic rings. The third-order valence-corrected chi connectivity index (χ3v) is 5.89. The number of carbonyl (C=O) groups excluding carboxylic acids is 1. The molecule has 1 amide bonds. The van der Waals surface area contributed by atoms with E-state index in [1.54, 1.807) is 17.0 Å². The van der Waals surface area contributed by atoms with Gasteiger partial charge in [0.25, 0.3) is 5.91 Å². The minimum atomic E-state index is -4.46. The fraction of sp³-hybridized carbons (Fsp3) is 0.458. The Morgan fingerprint density at radius 3 is 2.80 bits per heavy atom. The lowest BCUT2D eigenvalue weighted by atomic mass is 10.2. The van der Waals surface area contributed by atoms with Gasteiger partial charge in [-0.3, -0.25) is 4.79 Å². The molecule has 1 aliphatic carbocycles. The first-order valence-electron chi connectivity index (χ1n) is 11.4. The quantitative estimate of drug-likeness (QED) is 0.448. The average molecular weight is 492 g/mol. The topological polar surface area (TPSA) is 91.8 Å². The third kappa shape index (κ3) is 6.41. The number of halogens is 3. The number of amidine groups is 1. The van der Waals surface area contributed by atoms with E-state index >= 15 is 0 Å². The molecule has 3 heterocycles. The van der Waals surface area contributed by atoms with Crippen LogP contribution in [0.1, 0.15) is 42.1 Å². The highest BCUT2D eigenvalue weighted by atomic mass is 19.4. The molecule has 2 fully saturated rings. The van der Waals surface area contributed by atoms with Crippen molar-refractivity contribution < 1.29 is 27.4 Å². The molecule has 188 valence electrons. The van der Waals surface area contributed by atoms with Crippen LogP contribution in [-0.4, -0.2) is 60.0 Å². The van der Waals surface area contributed by atoms with E-state index in [0.29, 0.717) is 43.6 Å². The van der Waals surface area contributed by atoms with Crippen molar-refractivity contribution in [3.05, 3.63) is 47.3 Å². The van der Waals surface area contributed by atoms with Gasteiger partial charge in [-0.15, -0.1) is 0 Å². The molecule has 2 aromatic heterocycles. The number of nitrogens with one attached hydrogen (secondary N) is 2. The molecule has 2 N–H and O–H groups in total. The summed E-state index contributed by atoms with van der Waals surface area (Å²) in [4.78, 5) is 26.1. The number of alkyl halides is 3. The highest BCUT2D eigenvalue weighted by Gasteiger charge is 2.32. The summed E-state index contributed by atoms with van der Waals surface area (Å²) in [6.07, 6.45) is 2.55. The average Bonchev–Trinajstić information content (AvgIpc) is 3.62. The maximum atomic E-state index is 13.0. The summed E-state index contributed by atoms with van der Waals surface area (Å²) < 4.78 is 49.9. The van der Waals surface area contributed by atoms with Gasteiger partial charge in [0.2, 0.25) is 0 Å². The second-order valence-corrected chi connectivity index (χ2v) is 8.59. The predicted molar refractivity (Wildman–Crippen MR) is 125 cm³/mol. The molecule has 0 unspecified atom stereocenters. The number of methoxy groups -OCH3 is 1. The van der Waals surface area contributed by atoms with Crippen LogP contribution >= 0.6 is 0 Å². The van der Waals surface area contributed by atoms with Crippen molar-refractivity contribution >= 4 is 23.4 Å². The van der Waals surface area contributed by atoms with Gasteiger partial charge >= 0.3 is 6.18 Å². The van der Waals surface area contributed by atoms with Gasteiger partial charge in [-0.2, -0.15) is 13.2 Å². The fourth-order valence-electron chi connectivity index (χ4n) is 3.77. The molecule has 4 rings (SSSR count). The normalized spacial score (nSPS) is 17.8. The second-order valence-electron chi connectivity index (χ2n) is 8.59. The third-order valence-electron chi connectivity index (χ3n) is 5.89. The number of aliphatic imine (C=N–C) groups is 1. The Hall–Kier alpha value is -3.34. The van der Waals surface area contributed by atoms with E-state index < -0.39 is 11.7 Å². The smallest absolute Gasteiger partial charge is 0.417 e. The SMILES string of the molecule is COc1cc(C(=O)N2CCCOCC2)cnc1N=C(/C=C(\C)C1CC1)Nc1cc(C(F)(F)F)c[nH]1. The Kier molecular flexibility index (Phi) is 7.44. The molecule has 0 bridgehead atoms. The predicted octanol–water partition coefficient (Wildman–Crippen LogP) is 4.80. The molecule has 8 nitrogen and oxygen atoms in total. The van der Waals surface area contributed by atoms with Crippen LogP contribution in [0.2, 0.25) is 0 Å². The highest BCUT2D eigenvalue weighted by Crippen LogP contribution is 2.36. The van der Waals surface area contributed by atoms with Gasteiger partial charge in [0.1, 0.15) is 11.7 Å². The number of hydrogen-bond donors (Lipinski definition) is 2. The maximum absolute atomic E-state index is 13.0. The molecule has 0 atom stereocenters. The van der Waals surface area contributed by atoms with Crippen LogP contribution in [0.3, 0.4) is 0 Å². The summed E-state index contributed by atoms with van der Waals surface area (Å²) in [6.45, 7) is 4.15. The Morgan fingerprint density at radius 2 is 2.11 bits per heavy atom. The molecule has 2 aromatic rings. The number of ether oxygens (including phenoxy) is 2. The number of anilines is 1. The molecule has 0 spiro atoms. The number of H-pyrrole nitrogens is 1. The van der Waals surface area contributed by atoms with Crippen molar-refractivity contribution in [2.45, 2.75) is 32.4 Å². The van der Waals surface area contributed by atoms with Gasteiger partial charge in [-0.25, -0.2) is 9.98 Å². The molecule has 0 radical (unpaired) electrons. The molecule has 35 heavy (non-hydrogen) atoms. The molecule has 0 aromatic carbocycles. The minimum absolute atomic E-state index is 0.144. The summed E-state index contributed by atoms with van der Waals surface area (Å²) in [5.74, 6) is 1.19. The van der Waals surface area contributed by atoms with E-state index in [9.17, 15) is 18.0 Å². The van der Waals surface area contributed by atoms with Crippen LogP contribution in [0.4, 0.5) is 24.8 Å². The van der Waals surface area contributed by atoms with Gasteiger partial charge in [-0.1, -0.05) is 5.57 Å². The lowest BCUT2D eigenvalue weighted by Crippen LogP contribution is -2.33. The van der Waals surface area contributed by atoms with Gasteiger partial charge in [0.05, 0.1) is 24.8 Å². The number of aromatic amines is 1. The number of hydrogen-bond acceptors (Lipinski definition) is 5. The zero-order valence-corrected chi connectivity index (χ0v) is 19.6. The molecule has 1 saturated carbocycles. The lowest BCUT2D eigenvalue weighted by molar-refractivity contribution is -0.137. The van der Waals surface area contributed by atoms with E-state index in [0.717, 1.165) is 37.1 Å². The Bertz CT molecular complexity index is 1110. The fourth-order valence-corrected chi connectivity index (χ4v) is 3.77. The van der Waals surface area contributed by atoms with E-state index in [4.69, 9.17) is 9.47 Å². The van der Waals surface area contributed by atoms with Crippen molar-refractivity contribution in [3.8, 4) is 5.75 Å². The van der Waals surface area contributed by atoms with Crippen LogP contribution in [0.5, 0.6) is 5.75 Å². The van der Waals surface area contributed by atoms with Gasteiger partial charge < -0.3 is 24.7 Å². The van der Waals surface area contributed by atoms with Gasteiger partial charge in [0.15, 0.2) is 11.6 Å². The van der Waals surface area contributed by atoms with E-state index in [1.165, 1.54) is 13.3 Å². The van der Waals surface area contributed by atoms with Crippen LogP contribution in [0.25, 0.3) is 0 Å². The van der Waals surface area contributed by atoms with Crippen LogP contribution < -0.4 is 10.1 Å². The molecule has 11 heteroatoms.